The van der Waals surface area contributed by atoms with Crippen LogP contribution in [0.25, 0.3) is 0 Å². The van der Waals surface area contributed by atoms with E-state index in [1.807, 2.05) is 11.0 Å². The molecule has 0 aromatic carbocycles. The largest absolute Gasteiger partial charge is 0.294 e. The number of halogens is 1. The summed E-state index contributed by atoms with van der Waals surface area (Å²) in [6.45, 7) is 2.55. The number of pyridine rings is 1. The van der Waals surface area contributed by atoms with Crippen molar-refractivity contribution in [3.8, 4) is 0 Å². The first-order valence-electron chi connectivity index (χ1n) is 5.23. The van der Waals surface area contributed by atoms with E-state index in [1.54, 1.807) is 19.3 Å². The second kappa shape index (κ2) is 4.93. The Labute approximate surface area is 107 Å². The van der Waals surface area contributed by atoms with Gasteiger partial charge >= 0.3 is 0 Å². The van der Waals surface area contributed by atoms with Crippen LogP contribution in [0.4, 0.5) is 0 Å². The molecule has 1 aromatic rings. The number of hydrogen-bond acceptors (Lipinski definition) is 4. The number of hydrogen-bond donors (Lipinski definition) is 1. The zero-order valence-electron chi connectivity index (χ0n) is 9.31. The Morgan fingerprint density at radius 2 is 2.29 bits per heavy atom. The second-order valence-electron chi connectivity index (χ2n) is 4.00. The molecular formula is C11H12BrN3O2. The second-order valence-corrected chi connectivity index (χ2v) is 4.92. The molecule has 5 nitrogen and oxygen atoms in total. The summed E-state index contributed by atoms with van der Waals surface area (Å²) < 4.78 is 0.885. The maximum Gasteiger partial charge on any atom is 0.243 e. The van der Waals surface area contributed by atoms with E-state index in [4.69, 9.17) is 0 Å². The standard InChI is InChI=1S/C11H12BrN3O2/c1-7-11(17)14-10(16)6-15(7)5-8-2-9(12)4-13-3-8/h2-4,7H,5-6H2,1H3,(H,14,16,17). The molecule has 0 aliphatic carbocycles. The molecule has 1 aromatic heterocycles. The summed E-state index contributed by atoms with van der Waals surface area (Å²) in [7, 11) is 0. The number of aromatic nitrogens is 1. The van der Waals surface area contributed by atoms with Gasteiger partial charge in [0.05, 0.1) is 12.6 Å². The Balaban J connectivity index is 2.12. The lowest BCUT2D eigenvalue weighted by Crippen LogP contribution is -2.56. The van der Waals surface area contributed by atoms with Crippen molar-refractivity contribution in [1.82, 2.24) is 15.2 Å². The molecule has 90 valence electrons. The number of imide groups is 1. The molecule has 1 saturated heterocycles. The number of rotatable bonds is 2. The molecule has 2 amide bonds. The van der Waals surface area contributed by atoms with E-state index in [-0.39, 0.29) is 24.4 Å². The molecule has 1 fully saturated rings. The monoisotopic (exact) mass is 297 g/mol. The average molecular weight is 298 g/mol. The van der Waals surface area contributed by atoms with E-state index in [0.29, 0.717) is 6.54 Å². The molecule has 17 heavy (non-hydrogen) atoms. The molecule has 1 atom stereocenters. The molecular weight excluding hydrogens is 286 g/mol. The highest BCUT2D eigenvalue weighted by Crippen LogP contribution is 2.14. The van der Waals surface area contributed by atoms with Crippen molar-refractivity contribution in [3.05, 3.63) is 28.5 Å². The minimum absolute atomic E-state index is 0.236. The van der Waals surface area contributed by atoms with Gasteiger partial charge in [0, 0.05) is 23.4 Å². The summed E-state index contributed by atoms with van der Waals surface area (Å²) in [5.41, 5.74) is 0.966. The van der Waals surface area contributed by atoms with Crippen molar-refractivity contribution < 1.29 is 9.59 Å². The summed E-state index contributed by atoms with van der Waals surface area (Å²) in [6.07, 6.45) is 3.43. The van der Waals surface area contributed by atoms with Crippen LogP contribution in [0.3, 0.4) is 0 Å². The molecule has 2 rings (SSSR count). The van der Waals surface area contributed by atoms with Gasteiger partial charge in [-0.05, 0) is 34.5 Å². The number of amides is 2. The van der Waals surface area contributed by atoms with Crippen LogP contribution in [0, 0.1) is 0 Å². The number of piperazine rings is 1. The van der Waals surface area contributed by atoms with Gasteiger partial charge in [-0.25, -0.2) is 0 Å². The van der Waals surface area contributed by atoms with Crippen molar-refractivity contribution in [2.75, 3.05) is 6.54 Å². The Hall–Kier alpha value is -1.27. The van der Waals surface area contributed by atoms with Crippen molar-refractivity contribution in [2.45, 2.75) is 19.5 Å². The average Bonchev–Trinajstić information content (AvgIpc) is 2.25. The van der Waals surface area contributed by atoms with Crippen LogP contribution >= 0.6 is 15.9 Å². The van der Waals surface area contributed by atoms with Crippen LogP contribution < -0.4 is 5.32 Å². The Kier molecular flexibility index (Phi) is 3.54. The first-order valence-corrected chi connectivity index (χ1v) is 6.03. The van der Waals surface area contributed by atoms with Gasteiger partial charge in [-0.2, -0.15) is 0 Å². The first-order chi connectivity index (χ1) is 8.06. The van der Waals surface area contributed by atoms with E-state index in [2.05, 4.69) is 26.2 Å². The number of nitrogens with zero attached hydrogens (tertiary/aromatic N) is 2. The Bertz CT molecular complexity index is 464. The molecule has 0 spiro atoms. The van der Waals surface area contributed by atoms with Crippen LogP contribution in [0.2, 0.25) is 0 Å². The molecule has 1 N–H and O–H groups in total. The molecule has 1 aliphatic rings. The van der Waals surface area contributed by atoms with Crippen molar-refractivity contribution in [2.24, 2.45) is 0 Å². The fraction of sp³-hybridized carbons (Fsp3) is 0.364. The van der Waals surface area contributed by atoms with Crippen LogP contribution in [0.5, 0.6) is 0 Å². The molecule has 1 aliphatic heterocycles. The predicted octanol–water partition coefficient (Wildman–Crippen LogP) is 0.691. The minimum Gasteiger partial charge on any atom is -0.294 e. The molecule has 2 heterocycles. The third-order valence-electron chi connectivity index (χ3n) is 2.68. The SMILES string of the molecule is CC1C(=O)NC(=O)CN1Cc1cncc(Br)c1. The normalized spacial score (nSPS) is 21.4. The Morgan fingerprint density at radius 1 is 1.53 bits per heavy atom. The van der Waals surface area contributed by atoms with Crippen molar-refractivity contribution in [3.63, 3.8) is 0 Å². The maximum atomic E-state index is 11.5. The molecule has 1 unspecified atom stereocenters. The maximum absolute atomic E-state index is 11.5. The highest BCUT2D eigenvalue weighted by Gasteiger charge is 2.29. The third kappa shape index (κ3) is 2.89. The van der Waals surface area contributed by atoms with Gasteiger partial charge in [-0.15, -0.1) is 0 Å². The Morgan fingerprint density at radius 3 is 3.00 bits per heavy atom. The zero-order chi connectivity index (χ0) is 12.4. The summed E-state index contributed by atoms with van der Waals surface area (Å²) in [5, 5.41) is 2.31. The summed E-state index contributed by atoms with van der Waals surface area (Å²) in [4.78, 5) is 28.6. The van der Waals surface area contributed by atoms with Crippen LogP contribution in [0.1, 0.15) is 12.5 Å². The minimum atomic E-state index is -0.299. The van der Waals surface area contributed by atoms with E-state index in [1.165, 1.54) is 0 Å². The fourth-order valence-corrected chi connectivity index (χ4v) is 2.15. The first kappa shape index (κ1) is 12.2. The van der Waals surface area contributed by atoms with E-state index >= 15 is 0 Å². The van der Waals surface area contributed by atoms with Gasteiger partial charge in [0.15, 0.2) is 0 Å². The molecule has 0 saturated carbocycles. The molecule has 6 heteroatoms. The molecule has 0 bridgehead atoms. The van der Waals surface area contributed by atoms with Crippen LogP contribution in [-0.4, -0.2) is 34.3 Å². The highest BCUT2D eigenvalue weighted by atomic mass is 79.9. The van der Waals surface area contributed by atoms with Gasteiger partial charge in [0.25, 0.3) is 0 Å². The third-order valence-corrected chi connectivity index (χ3v) is 3.12. The van der Waals surface area contributed by atoms with Gasteiger partial charge in [0.2, 0.25) is 11.8 Å². The smallest absolute Gasteiger partial charge is 0.243 e. The quantitative estimate of drug-likeness (QED) is 0.816. The lowest BCUT2D eigenvalue weighted by Gasteiger charge is -2.31. The van der Waals surface area contributed by atoms with Crippen molar-refractivity contribution >= 4 is 27.7 Å². The van der Waals surface area contributed by atoms with Gasteiger partial charge in [-0.3, -0.25) is 24.8 Å². The van der Waals surface area contributed by atoms with Gasteiger partial charge < -0.3 is 0 Å². The van der Waals surface area contributed by atoms with Gasteiger partial charge in [-0.1, -0.05) is 0 Å². The fourth-order valence-electron chi connectivity index (χ4n) is 1.74. The van der Waals surface area contributed by atoms with E-state index in [0.717, 1.165) is 10.0 Å². The predicted molar refractivity (Wildman–Crippen MR) is 65.0 cm³/mol. The zero-order valence-corrected chi connectivity index (χ0v) is 10.9. The summed E-state index contributed by atoms with van der Waals surface area (Å²) in [5.74, 6) is -0.500. The van der Waals surface area contributed by atoms with E-state index < -0.39 is 0 Å². The van der Waals surface area contributed by atoms with Gasteiger partial charge in [0.1, 0.15) is 0 Å². The lowest BCUT2D eigenvalue weighted by molar-refractivity contribution is -0.139. The molecule has 0 radical (unpaired) electrons. The lowest BCUT2D eigenvalue weighted by atomic mass is 10.1. The van der Waals surface area contributed by atoms with Crippen LogP contribution in [0.15, 0.2) is 22.9 Å². The summed E-state index contributed by atoms with van der Waals surface area (Å²) in [6, 6.07) is 1.63. The number of nitrogens with one attached hydrogen (secondary N) is 1. The van der Waals surface area contributed by atoms with Crippen LogP contribution in [-0.2, 0) is 16.1 Å². The van der Waals surface area contributed by atoms with E-state index in [9.17, 15) is 9.59 Å². The topological polar surface area (TPSA) is 62.3 Å². The number of carbonyl (C=O) groups is 2. The highest BCUT2D eigenvalue weighted by molar-refractivity contribution is 9.10. The summed E-state index contributed by atoms with van der Waals surface area (Å²) >= 11 is 3.34. The number of carbonyl (C=O) groups excluding carboxylic acids is 2. The van der Waals surface area contributed by atoms with Crippen molar-refractivity contribution in [1.29, 1.82) is 0 Å².